The van der Waals surface area contributed by atoms with Crippen LogP contribution in [0.15, 0.2) is 41.5 Å². The van der Waals surface area contributed by atoms with Crippen LogP contribution in [0.4, 0.5) is 5.82 Å². The van der Waals surface area contributed by atoms with E-state index in [9.17, 15) is 5.11 Å². The quantitative estimate of drug-likeness (QED) is 0.841. The average Bonchev–Trinajstić information content (AvgIpc) is 2.56. The summed E-state index contributed by atoms with van der Waals surface area (Å²) in [5.41, 5.74) is 9.03. The smallest absolute Gasteiger partial charge is 0.188 e. The van der Waals surface area contributed by atoms with Gasteiger partial charge in [0.15, 0.2) is 11.6 Å². The van der Waals surface area contributed by atoms with Crippen LogP contribution < -0.4 is 10.5 Å². The van der Waals surface area contributed by atoms with Gasteiger partial charge in [-0.25, -0.2) is 0 Å². The number of anilines is 1. The second-order valence-electron chi connectivity index (χ2n) is 5.46. The number of para-hydroxylation sites is 1. The van der Waals surface area contributed by atoms with E-state index in [2.05, 4.69) is 16.3 Å². The summed E-state index contributed by atoms with van der Waals surface area (Å²) in [4.78, 5) is 0. The third kappa shape index (κ3) is 2.81. The minimum Gasteiger partial charge on any atom is -0.507 e. The molecule has 23 heavy (non-hydrogen) atoms. The summed E-state index contributed by atoms with van der Waals surface area (Å²) < 4.78 is 5.73. The lowest BCUT2D eigenvalue weighted by molar-refractivity contribution is 0.333. The van der Waals surface area contributed by atoms with Gasteiger partial charge in [0.05, 0.1) is 12.0 Å². The molecule has 1 aromatic heterocycles. The number of nitriles is 1. The fourth-order valence-corrected chi connectivity index (χ4v) is 2.48. The van der Waals surface area contributed by atoms with Gasteiger partial charge in [0.25, 0.3) is 0 Å². The molecule has 0 fully saturated rings. The van der Waals surface area contributed by atoms with Gasteiger partial charge in [-0.1, -0.05) is 17.7 Å². The van der Waals surface area contributed by atoms with Gasteiger partial charge < -0.3 is 15.6 Å². The first-order valence-corrected chi connectivity index (χ1v) is 7.22. The molecule has 1 aliphatic carbocycles. The van der Waals surface area contributed by atoms with Crippen LogP contribution >= 0.6 is 0 Å². The zero-order valence-electron chi connectivity index (χ0n) is 12.7. The largest absolute Gasteiger partial charge is 0.507 e. The number of hydrogen-bond donors (Lipinski definition) is 2. The standard InChI is InChI=1S/C17H16N4O2/c1-10-11(8-18)6-12(10)9-23-16-7-14(20-21-17(16)19)13-4-2-3-5-15(13)22/h2-5,7,11,22H,6,9H2,1H3,(H2,19,21). The Hall–Kier alpha value is -3.07. The summed E-state index contributed by atoms with van der Waals surface area (Å²) in [6.45, 7) is 2.32. The Morgan fingerprint density at radius 1 is 1.39 bits per heavy atom. The van der Waals surface area contributed by atoms with E-state index in [0.29, 0.717) is 23.6 Å². The van der Waals surface area contributed by atoms with E-state index in [1.54, 1.807) is 30.3 Å². The lowest BCUT2D eigenvalue weighted by atomic mass is 9.80. The molecular formula is C17H16N4O2. The van der Waals surface area contributed by atoms with Crippen molar-refractivity contribution in [2.75, 3.05) is 12.3 Å². The van der Waals surface area contributed by atoms with Crippen molar-refractivity contribution in [3.8, 4) is 28.8 Å². The van der Waals surface area contributed by atoms with Gasteiger partial charge in [-0.05, 0) is 31.1 Å². The topological polar surface area (TPSA) is 105 Å². The number of allylic oxidation sites excluding steroid dienone is 1. The molecule has 6 heteroatoms. The van der Waals surface area contributed by atoms with Crippen molar-refractivity contribution in [1.82, 2.24) is 10.2 Å². The van der Waals surface area contributed by atoms with Crippen molar-refractivity contribution in [2.24, 2.45) is 5.92 Å². The van der Waals surface area contributed by atoms with Gasteiger partial charge in [-0.3, -0.25) is 0 Å². The molecule has 0 spiro atoms. The van der Waals surface area contributed by atoms with E-state index in [4.69, 9.17) is 15.7 Å². The lowest BCUT2D eigenvalue weighted by Gasteiger charge is -2.26. The summed E-state index contributed by atoms with van der Waals surface area (Å²) in [5.74, 6) is 0.725. The number of hydrogen-bond acceptors (Lipinski definition) is 6. The number of phenols is 1. The number of ether oxygens (including phenoxy) is 1. The summed E-state index contributed by atoms with van der Waals surface area (Å²) in [6, 6.07) is 10.8. The van der Waals surface area contributed by atoms with Crippen LogP contribution in [-0.4, -0.2) is 21.9 Å². The number of benzene rings is 1. The highest BCUT2D eigenvalue weighted by molar-refractivity contribution is 5.68. The van der Waals surface area contributed by atoms with Crippen LogP contribution in [0.2, 0.25) is 0 Å². The predicted octanol–water partition coefficient (Wildman–Crippen LogP) is 2.67. The predicted molar refractivity (Wildman–Crippen MR) is 85.5 cm³/mol. The van der Waals surface area contributed by atoms with Crippen molar-refractivity contribution < 1.29 is 9.84 Å². The summed E-state index contributed by atoms with van der Waals surface area (Å²) in [5, 5.41) is 26.7. The number of aromatic nitrogens is 2. The first-order chi connectivity index (χ1) is 11.1. The number of phenolic OH excluding ortho intramolecular Hbond substituents is 1. The number of rotatable bonds is 4. The fourth-order valence-electron chi connectivity index (χ4n) is 2.48. The third-order valence-electron chi connectivity index (χ3n) is 4.05. The van der Waals surface area contributed by atoms with E-state index >= 15 is 0 Å². The number of nitrogen functional groups attached to an aromatic ring is 1. The minimum atomic E-state index is -0.00154. The number of nitrogens with two attached hydrogens (primary N) is 1. The molecule has 0 amide bonds. The van der Waals surface area contributed by atoms with Gasteiger partial charge in [-0.2, -0.15) is 5.26 Å². The lowest BCUT2D eigenvalue weighted by Crippen LogP contribution is -2.20. The molecular weight excluding hydrogens is 292 g/mol. The van der Waals surface area contributed by atoms with Crippen LogP contribution in [0.3, 0.4) is 0 Å². The molecule has 0 bridgehead atoms. The number of aromatic hydroxyl groups is 1. The maximum atomic E-state index is 9.90. The van der Waals surface area contributed by atoms with Crippen LogP contribution in [0, 0.1) is 17.2 Å². The molecule has 0 saturated heterocycles. The molecule has 1 unspecified atom stereocenters. The van der Waals surface area contributed by atoms with Gasteiger partial charge in [0.2, 0.25) is 0 Å². The second kappa shape index (κ2) is 5.97. The Labute approximate surface area is 133 Å². The minimum absolute atomic E-state index is 0.00154. The monoisotopic (exact) mass is 308 g/mol. The zero-order valence-corrected chi connectivity index (χ0v) is 12.7. The van der Waals surface area contributed by atoms with Crippen molar-refractivity contribution in [1.29, 1.82) is 5.26 Å². The maximum absolute atomic E-state index is 9.90. The Morgan fingerprint density at radius 3 is 2.87 bits per heavy atom. The van der Waals surface area contributed by atoms with Crippen molar-refractivity contribution in [3.05, 3.63) is 41.5 Å². The van der Waals surface area contributed by atoms with E-state index in [-0.39, 0.29) is 17.5 Å². The van der Waals surface area contributed by atoms with E-state index in [1.165, 1.54) is 0 Å². The fraction of sp³-hybridized carbons (Fsp3) is 0.235. The Morgan fingerprint density at radius 2 is 2.17 bits per heavy atom. The summed E-state index contributed by atoms with van der Waals surface area (Å²) >= 11 is 0. The van der Waals surface area contributed by atoms with E-state index < -0.39 is 0 Å². The first kappa shape index (κ1) is 14.9. The molecule has 116 valence electrons. The Balaban J connectivity index is 1.81. The van der Waals surface area contributed by atoms with Crippen LogP contribution in [-0.2, 0) is 0 Å². The van der Waals surface area contributed by atoms with Crippen LogP contribution in [0.1, 0.15) is 13.3 Å². The van der Waals surface area contributed by atoms with Crippen LogP contribution in [0.25, 0.3) is 11.3 Å². The third-order valence-corrected chi connectivity index (χ3v) is 4.05. The van der Waals surface area contributed by atoms with E-state index in [1.807, 2.05) is 6.92 Å². The molecule has 6 nitrogen and oxygen atoms in total. The molecule has 1 atom stereocenters. The van der Waals surface area contributed by atoms with Crippen LogP contribution in [0.5, 0.6) is 11.5 Å². The van der Waals surface area contributed by atoms with Gasteiger partial charge >= 0.3 is 0 Å². The highest BCUT2D eigenvalue weighted by Gasteiger charge is 2.26. The van der Waals surface area contributed by atoms with Gasteiger partial charge in [-0.15, -0.1) is 10.2 Å². The summed E-state index contributed by atoms with van der Waals surface area (Å²) in [6.07, 6.45) is 0.729. The molecule has 2 aromatic rings. The Bertz CT molecular complexity index is 824. The molecule has 1 aliphatic rings. The molecule has 3 rings (SSSR count). The second-order valence-corrected chi connectivity index (χ2v) is 5.46. The molecule has 0 saturated carbocycles. The number of nitrogens with zero attached hydrogens (tertiary/aromatic N) is 3. The van der Waals surface area contributed by atoms with Gasteiger partial charge in [0, 0.05) is 11.6 Å². The molecule has 1 heterocycles. The summed E-state index contributed by atoms with van der Waals surface area (Å²) in [7, 11) is 0. The molecule has 1 aromatic carbocycles. The van der Waals surface area contributed by atoms with Gasteiger partial charge in [0.1, 0.15) is 18.1 Å². The van der Waals surface area contributed by atoms with Crippen molar-refractivity contribution >= 4 is 5.82 Å². The molecule has 3 N–H and O–H groups in total. The van der Waals surface area contributed by atoms with Crippen molar-refractivity contribution in [2.45, 2.75) is 13.3 Å². The highest BCUT2D eigenvalue weighted by Crippen LogP contribution is 2.35. The van der Waals surface area contributed by atoms with Crippen molar-refractivity contribution in [3.63, 3.8) is 0 Å². The first-order valence-electron chi connectivity index (χ1n) is 7.22. The highest BCUT2D eigenvalue weighted by atomic mass is 16.5. The Kier molecular flexibility index (Phi) is 3.85. The zero-order chi connectivity index (χ0) is 16.4. The molecule has 0 aliphatic heterocycles. The maximum Gasteiger partial charge on any atom is 0.188 e. The average molecular weight is 308 g/mol. The molecule has 0 radical (unpaired) electrons. The van der Waals surface area contributed by atoms with E-state index in [0.717, 1.165) is 17.6 Å². The normalized spacial score (nSPS) is 16.6. The SMILES string of the molecule is CC1=C(COc2cc(-c3ccccc3O)nnc2N)CC1C#N.